The Kier molecular flexibility index (Phi) is 7.55. The number of carboxylic acids is 1. The maximum absolute atomic E-state index is 12.4. The van der Waals surface area contributed by atoms with Crippen molar-refractivity contribution in [3.05, 3.63) is 65.2 Å². The van der Waals surface area contributed by atoms with Gasteiger partial charge in [0.15, 0.2) is 0 Å². The first-order valence-corrected chi connectivity index (χ1v) is 10.9. The molecule has 34 heavy (non-hydrogen) atoms. The zero-order valence-corrected chi connectivity index (χ0v) is 19.4. The van der Waals surface area contributed by atoms with Crippen LogP contribution in [0.3, 0.4) is 0 Å². The van der Waals surface area contributed by atoms with Gasteiger partial charge in [-0.15, -0.1) is 0 Å². The van der Waals surface area contributed by atoms with E-state index in [0.717, 1.165) is 0 Å². The SMILES string of the molecule is CC(C)(C)OC(=O)N[C@@H](Cc1ccc(OCCCN2C(=O)c3ccccc3C2=O)cc1)C(=O)O. The van der Waals surface area contributed by atoms with Crippen molar-refractivity contribution in [1.82, 2.24) is 10.2 Å². The third-order valence-electron chi connectivity index (χ3n) is 5.03. The maximum atomic E-state index is 12.4. The van der Waals surface area contributed by atoms with Crippen LogP contribution >= 0.6 is 0 Å². The molecule has 180 valence electrons. The molecular formula is C25H28N2O7. The lowest BCUT2D eigenvalue weighted by atomic mass is 10.1. The number of aliphatic carboxylic acids is 1. The van der Waals surface area contributed by atoms with Crippen LogP contribution in [0.25, 0.3) is 0 Å². The van der Waals surface area contributed by atoms with Gasteiger partial charge in [-0.05, 0) is 57.0 Å². The molecule has 9 nitrogen and oxygen atoms in total. The summed E-state index contributed by atoms with van der Waals surface area (Å²) in [7, 11) is 0. The number of carbonyl (C=O) groups is 4. The minimum absolute atomic E-state index is 0.0780. The molecule has 3 rings (SSSR count). The summed E-state index contributed by atoms with van der Waals surface area (Å²) in [6, 6.07) is 12.4. The van der Waals surface area contributed by atoms with Gasteiger partial charge in [0.05, 0.1) is 17.7 Å². The smallest absolute Gasteiger partial charge is 0.408 e. The molecule has 0 saturated carbocycles. The number of carbonyl (C=O) groups excluding carboxylic acids is 3. The van der Waals surface area contributed by atoms with Crippen LogP contribution in [0.4, 0.5) is 4.79 Å². The van der Waals surface area contributed by atoms with E-state index in [2.05, 4.69) is 5.32 Å². The largest absolute Gasteiger partial charge is 0.494 e. The summed E-state index contributed by atoms with van der Waals surface area (Å²) in [6.45, 7) is 5.63. The fourth-order valence-corrected chi connectivity index (χ4v) is 3.46. The number of ether oxygens (including phenoxy) is 2. The van der Waals surface area contributed by atoms with Crippen molar-refractivity contribution in [3.63, 3.8) is 0 Å². The molecule has 9 heteroatoms. The molecule has 1 heterocycles. The van der Waals surface area contributed by atoms with Gasteiger partial charge in [-0.1, -0.05) is 24.3 Å². The second-order valence-electron chi connectivity index (χ2n) is 8.89. The first kappa shape index (κ1) is 24.8. The second-order valence-corrected chi connectivity index (χ2v) is 8.89. The van der Waals surface area contributed by atoms with Crippen LogP contribution in [0.1, 0.15) is 53.5 Å². The molecule has 0 bridgehead atoms. The quantitative estimate of drug-likeness (QED) is 0.428. The number of fused-ring (bicyclic) bond motifs is 1. The van der Waals surface area contributed by atoms with Gasteiger partial charge in [0.25, 0.3) is 11.8 Å². The molecule has 0 aliphatic carbocycles. The highest BCUT2D eigenvalue weighted by Crippen LogP contribution is 2.22. The second kappa shape index (κ2) is 10.4. The zero-order chi connectivity index (χ0) is 24.9. The molecule has 1 aliphatic heterocycles. The Labute approximate surface area is 197 Å². The number of benzene rings is 2. The van der Waals surface area contributed by atoms with E-state index in [4.69, 9.17) is 9.47 Å². The average molecular weight is 469 g/mol. The molecule has 3 amide bonds. The van der Waals surface area contributed by atoms with E-state index >= 15 is 0 Å². The van der Waals surface area contributed by atoms with Crippen molar-refractivity contribution in [1.29, 1.82) is 0 Å². The van der Waals surface area contributed by atoms with Crippen molar-refractivity contribution in [2.75, 3.05) is 13.2 Å². The lowest BCUT2D eigenvalue weighted by molar-refractivity contribution is -0.139. The Hall–Kier alpha value is -3.88. The number of carboxylic acid groups (broad SMARTS) is 1. The van der Waals surface area contributed by atoms with Crippen molar-refractivity contribution in [2.24, 2.45) is 0 Å². The van der Waals surface area contributed by atoms with Crippen molar-refractivity contribution in [3.8, 4) is 5.75 Å². The summed E-state index contributed by atoms with van der Waals surface area (Å²) in [5.74, 6) is -1.19. The van der Waals surface area contributed by atoms with Crippen LogP contribution in [-0.2, 0) is 16.0 Å². The highest BCUT2D eigenvalue weighted by molar-refractivity contribution is 6.21. The third kappa shape index (κ3) is 6.34. The fraction of sp³-hybridized carbons (Fsp3) is 0.360. The standard InChI is InChI=1S/C25H28N2O7/c1-25(2,3)34-24(32)26-20(23(30)31)15-16-9-11-17(12-10-16)33-14-6-13-27-21(28)18-7-4-5-8-19(18)22(27)29/h4-5,7-12,20H,6,13-15H2,1-3H3,(H,26,32)(H,30,31)/t20-/m0/s1. The monoisotopic (exact) mass is 468 g/mol. The molecule has 1 aliphatic rings. The van der Waals surface area contributed by atoms with E-state index in [1.54, 1.807) is 69.3 Å². The Balaban J connectivity index is 1.46. The number of imide groups is 1. The minimum Gasteiger partial charge on any atom is -0.494 e. The highest BCUT2D eigenvalue weighted by Gasteiger charge is 2.34. The number of hydrogen-bond donors (Lipinski definition) is 2. The van der Waals surface area contributed by atoms with Gasteiger partial charge in [-0.2, -0.15) is 0 Å². The Morgan fingerprint density at radius 2 is 1.59 bits per heavy atom. The highest BCUT2D eigenvalue weighted by atomic mass is 16.6. The van der Waals surface area contributed by atoms with E-state index in [1.165, 1.54) is 4.90 Å². The van der Waals surface area contributed by atoms with Gasteiger partial charge >= 0.3 is 12.1 Å². The predicted molar refractivity (Wildman–Crippen MR) is 123 cm³/mol. The molecule has 0 spiro atoms. The van der Waals surface area contributed by atoms with E-state index < -0.39 is 23.7 Å². The molecule has 1 atom stereocenters. The van der Waals surface area contributed by atoms with Crippen LogP contribution in [0.2, 0.25) is 0 Å². The molecule has 0 saturated heterocycles. The molecule has 2 N–H and O–H groups in total. The molecular weight excluding hydrogens is 440 g/mol. The normalized spacial score (nSPS) is 13.9. The Morgan fingerprint density at radius 1 is 1.00 bits per heavy atom. The van der Waals surface area contributed by atoms with Gasteiger partial charge in [0.1, 0.15) is 17.4 Å². The summed E-state index contributed by atoms with van der Waals surface area (Å²) in [6.07, 6.45) is -0.249. The average Bonchev–Trinajstić information content (AvgIpc) is 3.01. The number of rotatable bonds is 9. The lowest BCUT2D eigenvalue weighted by Gasteiger charge is -2.22. The summed E-state index contributed by atoms with van der Waals surface area (Å²) in [4.78, 5) is 49.4. The first-order chi connectivity index (χ1) is 16.0. The van der Waals surface area contributed by atoms with Crippen molar-refractivity contribution < 1.29 is 33.8 Å². The van der Waals surface area contributed by atoms with Crippen LogP contribution in [0, 0.1) is 0 Å². The molecule has 2 aromatic carbocycles. The van der Waals surface area contributed by atoms with E-state index in [-0.39, 0.29) is 24.8 Å². The van der Waals surface area contributed by atoms with Gasteiger partial charge in [-0.3, -0.25) is 14.5 Å². The molecule has 0 radical (unpaired) electrons. The number of hydrogen-bond acceptors (Lipinski definition) is 6. The minimum atomic E-state index is -1.17. The Morgan fingerprint density at radius 3 is 2.12 bits per heavy atom. The zero-order valence-electron chi connectivity index (χ0n) is 19.4. The van der Waals surface area contributed by atoms with Crippen LogP contribution in [0.5, 0.6) is 5.75 Å². The summed E-state index contributed by atoms with van der Waals surface area (Å²) in [5, 5.41) is 11.8. The Bertz CT molecular complexity index is 1040. The van der Waals surface area contributed by atoms with Crippen LogP contribution in [0.15, 0.2) is 48.5 Å². The van der Waals surface area contributed by atoms with Gasteiger partial charge < -0.3 is 19.9 Å². The first-order valence-electron chi connectivity index (χ1n) is 10.9. The summed E-state index contributed by atoms with van der Waals surface area (Å²) >= 11 is 0. The van der Waals surface area contributed by atoms with Crippen molar-refractivity contribution >= 4 is 23.9 Å². The topological polar surface area (TPSA) is 122 Å². The van der Waals surface area contributed by atoms with Gasteiger partial charge in [-0.25, -0.2) is 9.59 Å². The molecule has 0 aromatic heterocycles. The number of nitrogens with zero attached hydrogens (tertiary/aromatic N) is 1. The number of alkyl carbamates (subject to hydrolysis) is 1. The summed E-state index contributed by atoms with van der Waals surface area (Å²) < 4.78 is 10.8. The van der Waals surface area contributed by atoms with E-state index in [1.807, 2.05) is 0 Å². The van der Waals surface area contributed by atoms with E-state index in [9.17, 15) is 24.3 Å². The fourth-order valence-electron chi connectivity index (χ4n) is 3.46. The number of amides is 3. The lowest BCUT2D eigenvalue weighted by Crippen LogP contribution is -2.44. The summed E-state index contributed by atoms with van der Waals surface area (Å²) in [5.41, 5.74) is 0.808. The maximum Gasteiger partial charge on any atom is 0.408 e. The number of nitrogens with one attached hydrogen (secondary N) is 1. The van der Waals surface area contributed by atoms with Crippen molar-refractivity contribution in [2.45, 2.75) is 45.3 Å². The molecule has 0 unspecified atom stereocenters. The third-order valence-corrected chi connectivity index (χ3v) is 5.03. The van der Waals surface area contributed by atoms with Gasteiger partial charge in [0, 0.05) is 13.0 Å². The molecule has 2 aromatic rings. The van der Waals surface area contributed by atoms with Gasteiger partial charge in [0.2, 0.25) is 0 Å². The molecule has 0 fully saturated rings. The van der Waals surface area contributed by atoms with E-state index in [0.29, 0.717) is 35.5 Å². The predicted octanol–water partition coefficient (Wildman–Crippen LogP) is 3.27. The van der Waals surface area contributed by atoms with Crippen LogP contribution < -0.4 is 10.1 Å². The van der Waals surface area contributed by atoms with Crippen LogP contribution in [-0.4, -0.2) is 58.7 Å².